The number of hydrogen-bond donors (Lipinski definition) is 0. The number of rotatable bonds is 6. The summed E-state index contributed by atoms with van der Waals surface area (Å²) in [5.74, 6) is 1.30. The Kier molecular flexibility index (Phi) is 5.50. The van der Waals surface area contributed by atoms with Crippen molar-refractivity contribution >= 4 is 12.4 Å². The van der Waals surface area contributed by atoms with E-state index in [1.165, 1.54) is 38.5 Å². The zero-order chi connectivity index (χ0) is 10.2. The van der Waals surface area contributed by atoms with Crippen LogP contribution in [0.2, 0.25) is 0 Å². The molecule has 0 N–H and O–H groups in total. The van der Waals surface area contributed by atoms with Crippen molar-refractivity contribution in [2.75, 3.05) is 0 Å². The molecule has 0 aromatic carbocycles. The summed E-state index contributed by atoms with van der Waals surface area (Å²) in [6.07, 6.45) is 11.9. The third-order valence-electron chi connectivity index (χ3n) is 2.90. The Bertz CT molecular complexity index is 196. The first-order chi connectivity index (χ1) is 6.88. The molecule has 1 heterocycles. The molecule has 0 saturated carbocycles. The van der Waals surface area contributed by atoms with Gasteiger partial charge in [-0.15, -0.1) is 0 Å². The van der Waals surface area contributed by atoms with Gasteiger partial charge in [0, 0.05) is 24.3 Å². The van der Waals surface area contributed by atoms with Crippen molar-refractivity contribution in [3.63, 3.8) is 0 Å². The van der Waals surface area contributed by atoms with Crippen LogP contribution >= 0.6 is 0 Å². The molecule has 0 aliphatic carbocycles. The molecule has 0 fully saturated rings. The molecule has 0 bridgehead atoms. The van der Waals surface area contributed by atoms with Crippen LogP contribution in [-0.4, -0.2) is 12.4 Å². The van der Waals surface area contributed by atoms with Crippen molar-refractivity contribution in [3.8, 4) is 0 Å². The first-order valence-electron chi connectivity index (χ1n) is 5.95. The van der Waals surface area contributed by atoms with Crippen LogP contribution in [0.15, 0.2) is 10.2 Å². The smallest absolute Gasteiger partial charge is 0.0307 e. The van der Waals surface area contributed by atoms with Crippen LogP contribution in [0.25, 0.3) is 0 Å². The van der Waals surface area contributed by atoms with Gasteiger partial charge in [0.2, 0.25) is 0 Å². The molecule has 2 heteroatoms. The largest absolute Gasteiger partial charge is 0.164 e. The van der Waals surface area contributed by atoms with Crippen LogP contribution in [0.3, 0.4) is 0 Å². The highest BCUT2D eigenvalue weighted by Crippen LogP contribution is 2.22. The topological polar surface area (TPSA) is 24.7 Å². The monoisotopic (exact) mass is 194 g/mol. The zero-order valence-corrected chi connectivity index (χ0v) is 9.45. The number of nitrogens with zero attached hydrogens (tertiary/aromatic N) is 2. The average Bonchev–Trinajstić information content (AvgIpc) is 2.21. The SMILES string of the molecule is CCCCCC1C=NN=CC1CCC. The van der Waals surface area contributed by atoms with Crippen LogP contribution in [-0.2, 0) is 0 Å². The molecule has 80 valence electrons. The first kappa shape index (κ1) is 11.4. The summed E-state index contributed by atoms with van der Waals surface area (Å²) < 4.78 is 0. The van der Waals surface area contributed by atoms with Crippen molar-refractivity contribution in [1.82, 2.24) is 0 Å². The lowest BCUT2D eigenvalue weighted by Crippen LogP contribution is -2.20. The normalized spacial score (nSPS) is 25.6. The van der Waals surface area contributed by atoms with E-state index in [2.05, 4.69) is 30.3 Å². The van der Waals surface area contributed by atoms with Gasteiger partial charge >= 0.3 is 0 Å². The maximum atomic E-state index is 4.01. The number of hydrogen-bond acceptors (Lipinski definition) is 2. The lowest BCUT2D eigenvalue weighted by Gasteiger charge is -2.21. The maximum absolute atomic E-state index is 4.01. The van der Waals surface area contributed by atoms with E-state index in [-0.39, 0.29) is 0 Å². The Labute approximate surface area is 87.5 Å². The van der Waals surface area contributed by atoms with E-state index >= 15 is 0 Å². The van der Waals surface area contributed by atoms with Crippen LogP contribution < -0.4 is 0 Å². The summed E-state index contributed by atoms with van der Waals surface area (Å²) in [5.41, 5.74) is 0. The molecule has 0 amide bonds. The Morgan fingerprint density at radius 2 is 1.50 bits per heavy atom. The Balaban J connectivity index is 2.32. The van der Waals surface area contributed by atoms with E-state index in [4.69, 9.17) is 0 Å². The van der Waals surface area contributed by atoms with Crippen LogP contribution in [0.5, 0.6) is 0 Å². The lowest BCUT2D eigenvalue weighted by atomic mass is 9.86. The summed E-state index contributed by atoms with van der Waals surface area (Å²) in [4.78, 5) is 0. The Hall–Kier alpha value is -0.660. The average molecular weight is 194 g/mol. The predicted molar refractivity (Wildman–Crippen MR) is 63.0 cm³/mol. The zero-order valence-electron chi connectivity index (χ0n) is 9.45. The molecule has 1 rings (SSSR count). The highest BCUT2D eigenvalue weighted by molar-refractivity contribution is 5.74. The fourth-order valence-corrected chi connectivity index (χ4v) is 2.01. The quantitative estimate of drug-likeness (QED) is 0.576. The maximum Gasteiger partial charge on any atom is 0.0307 e. The second-order valence-electron chi connectivity index (χ2n) is 4.14. The fourth-order valence-electron chi connectivity index (χ4n) is 2.01. The molecule has 2 nitrogen and oxygen atoms in total. The minimum atomic E-state index is 0.648. The third kappa shape index (κ3) is 3.60. The molecule has 0 spiro atoms. The van der Waals surface area contributed by atoms with Crippen LogP contribution in [0.1, 0.15) is 52.4 Å². The van der Waals surface area contributed by atoms with Crippen LogP contribution in [0.4, 0.5) is 0 Å². The van der Waals surface area contributed by atoms with Gasteiger partial charge in [-0.2, -0.15) is 10.2 Å². The molecule has 0 aromatic heterocycles. The third-order valence-corrected chi connectivity index (χ3v) is 2.90. The van der Waals surface area contributed by atoms with Crippen molar-refractivity contribution < 1.29 is 0 Å². The minimum Gasteiger partial charge on any atom is -0.164 e. The van der Waals surface area contributed by atoms with E-state index in [0.29, 0.717) is 11.8 Å². The Morgan fingerprint density at radius 3 is 2.07 bits per heavy atom. The second-order valence-corrected chi connectivity index (χ2v) is 4.14. The van der Waals surface area contributed by atoms with Crippen molar-refractivity contribution in [1.29, 1.82) is 0 Å². The molecule has 0 radical (unpaired) electrons. The second kappa shape index (κ2) is 6.74. The summed E-state index contributed by atoms with van der Waals surface area (Å²) in [5, 5.41) is 8.01. The van der Waals surface area contributed by atoms with Gasteiger partial charge in [-0.25, -0.2) is 0 Å². The fraction of sp³-hybridized carbons (Fsp3) is 0.833. The lowest BCUT2D eigenvalue weighted by molar-refractivity contribution is 0.451. The van der Waals surface area contributed by atoms with Gasteiger partial charge in [0.15, 0.2) is 0 Å². The standard InChI is InChI=1S/C12H22N2/c1-3-5-6-8-12-10-14-13-9-11(12)7-4-2/h9-12H,3-8H2,1-2H3. The van der Waals surface area contributed by atoms with E-state index in [1.54, 1.807) is 0 Å². The van der Waals surface area contributed by atoms with Crippen molar-refractivity contribution in [2.24, 2.45) is 22.0 Å². The highest BCUT2D eigenvalue weighted by Gasteiger charge is 2.18. The molecule has 0 saturated heterocycles. The van der Waals surface area contributed by atoms with Crippen molar-refractivity contribution in [2.45, 2.75) is 52.4 Å². The molecule has 1 aliphatic rings. The first-order valence-corrected chi connectivity index (χ1v) is 5.95. The van der Waals surface area contributed by atoms with Gasteiger partial charge in [0.25, 0.3) is 0 Å². The summed E-state index contributed by atoms with van der Waals surface area (Å²) >= 11 is 0. The predicted octanol–water partition coefficient (Wildman–Crippen LogP) is 3.67. The molecule has 0 aromatic rings. The molecular formula is C12H22N2. The van der Waals surface area contributed by atoms with Gasteiger partial charge in [0.1, 0.15) is 0 Å². The minimum absolute atomic E-state index is 0.648. The van der Waals surface area contributed by atoms with Crippen molar-refractivity contribution in [3.05, 3.63) is 0 Å². The van der Waals surface area contributed by atoms with E-state index < -0.39 is 0 Å². The number of unbranched alkanes of at least 4 members (excludes halogenated alkanes) is 2. The molecule has 14 heavy (non-hydrogen) atoms. The Morgan fingerprint density at radius 1 is 0.857 bits per heavy atom. The summed E-state index contributed by atoms with van der Waals surface area (Å²) in [6, 6.07) is 0. The molecular weight excluding hydrogens is 172 g/mol. The van der Waals surface area contributed by atoms with Gasteiger partial charge in [0.05, 0.1) is 0 Å². The summed E-state index contributed by atoms with van der Waals surface area (Å²) in [7, 11) is 0. The van der Waals surface area contributed by atoms with Gasteiger partial charge in [-0.05, 0) is 12.8 Å². The van der Waals surface area contributed by atoms with E-state index in [0.717, 1.165) is 0 Å². The molecule has 1 aliphatic heterocycles. The van der Waals surface area contributed by atoms with E-state index in [9.17, 15) is 0 Å². The highest BCUT2D eigenvalue weighted by atomic mass is 15.2. The van der Waals surface area contributed by atoms with Gasteiger partial charge in [-0.3, -0.25) is 0 Å². The molecule has 2 atom stereocenters. The van der Waals surface area contributed by atoms with Crippen LogP contribution in [0, 0.1) is 11.8 Å². The summed E-state index contributed by atoms with van der Waals surface area (Å²) in [6.45, 7) is 4.49. The van der Waals surface area contributed by atoms with E-state index in [1.807, 2.05) is 6.21 Å². The van der Waals surface area contributed by atoms with Gasteiger partial charge < -0.3 is 0 Å². The van der Waals surface area contributed by atoms with Gasteiger partial charge in [-0.1, -0.05) is 39.5 Å². The molecule has 2 unspecified atom stereocenters.